The molecule has 26 heavy (non-hydrogen) atoms. The summed E-state index contributed by atoms with van der Waals surface area (Å²) in [7, 11) is 0. The van der Waals surface area contributed by atoms with E-state index < -0.39 is 29.7 Å². The smallest absolute Gasteiger partial charge is 0.417 e. The van der Waals surface area contributed by atoms with Crippen LogP contribution in [0.5, 0.6) is 0 Å². The van der Waals surface area contributed by atoms with Gasteiger partial charge in [0.15, 0.2) is 0 Å². The maximum atomic E-state index is 12.9. The molecule has 1 saturated heterocycles. The Hall–Kier alpha value is -2.37. The van der Waals surface area contributed by atoms with Gasteiger partial charge in [0, 0.05) is 5.92 Å². The fourth-order valence-electron chi connectivity index (χ4n) is 3.30. The predicted molar refractivity (Wildman–Crippen MR) is 96.1 cm³/mol. The molecule has 1 saturated carbocycles. The van der Waals surface area contributed by atoms with Crippen LogP contribution in [0.15, 0.2) is 30.3 Å². The monoisotopic (exact) mass is 358 g/mol. The number of nitrogens with one attached hydrogen (secondary N) is 1. The number of benzene rings is 1. The summed E-state index contributed by atoms with van der Waals surface area (Å²) in [6.45, 7) is 7.04. The average molecular weight is 358 g/mol. The van der Waals surface area contributed by atoms with Gasteiger partial charge in [-0.25, -0.2) is 9.69 Å². The van der Waals surface area contributed by atoms with Crippen molar-refractivity contribution in [3.8, 4) is 0 Å². The molecule has 0 aromatic heterocycles. The number of amides is 3. The lowest BCUT2D eigenvalue weighted by Crippen LogP contribution is -2.44. The van der Waals surface area contributed by atoms with E-state index in [1.54, 1.807) is 27.7 Å². The Morgan fingerprint density at radius 1 is 1.15 bits per heavy atom. The van der Waals surface area contributed by atoms with Crippen LogP contribution in [0.25, 0.3) is 0 Å². The Morgan fingerprint density at radius 3 is 2.31 bits per heavy atom. The van der Waals surface area contributed by atoms with Crippen LogP contribution in [0.2, 0.25) is 0 Å². The number of hydrogen-bond acceptors (Lipinski definition) is 4. The molecule has 6 heteroatoms. The van der Waals surface area contributed by atoms with Crippen LogP contribution in [0.3, 0.4) is 0 Å². The summed E-state index contributed by atoms with van der Waals surface area (Å²) in [5.41, 5.74) is 0.0918. The van der Waals surface area contributed by atoms with Crippen LogP contribution >= 0.6 is 0 Å². The Morgan fingerprint density at radius 2 is 1.77 bits per heavy atom. The number of carbonyl (C=O) groups excluding carboxylic acids is 3. The van der Waals surface area contributed by atoms with Gasteiger partial charge in [-0.05, 0) is 39.2 Å². The van der Waals surface area contributed by atoms with Crippen LogP contribution in [0.4, 0.5) is 4.79 Å². The summed E-state index contributed by atoms with van der Waals surface area (Å²) in [6.07, 6.45) is 1.09. The number of ether oxygens (including phenoxy) is 1. The van der Waals surface area contributed by atoms with Crippen molar-refractivity contribution >= 4 is 17.9 Å². The molecule has 1 heterocycles. The van der Waals surface area contributed by atoms with Gasteiger partial charge >= 0.3 is 6.09 Å². The summed E-state index contributed by atoms with van der Waals surface area (Å²) in [6, 6.07) is 8.28. The fraction of sp³-hybridized carbons (Fsp3) is 0.550. The topological polar surface area (TPSA) is 75.7 Å². The summed E-state index contributed by atoms with van der Waals surface area (Å²) in [4.78, 5) is 39.1. The first kappa shape index (κ1) is 18.4. The maximum Gasteiger partial charge on any atom is 0.417 e. The van der Waals surface area contributed by atoms with Gasteiger partial charge in [0.2, 0.25) is 11.8 Å². The lowest BCUT2D eigenvalue weighted by atomic mass is 9.94. The zero-order chi connectivity index (χ0) is 19.1. The number of nitrogens with zero attached hydrogens (tertiary/aromatic N) is 1. The second-order valence-corrected chi connectivity index (χ2v) is 8.14. The standard InChI is InChI=1S/C20H26N2O4/c1-12-15(21-17(23)14-10-11-14)16(13-8-6-5-7-9-13)22(18(12)24)19(25)26-20(2,3)4/h5-9,12,14-16H,10-11H2,1-4H3,(H,21,23). The van der Waals surface area contributed by atoms with Gasteiger partial charge in [-0.3, -0.25) is 9.59 Å². The lowest BCUT2D eigenvalue weighted by Gasteiger charge is -2.30. The highest BCUT2D eigenvalue weighted by Gasteiger charge is 2.51. The van der Waals surface area contributed by atoms with Gasteiger partial charge in [0.25, 0.3) is 0 Å². The van der Waals surface area contributed by atoms with Crippen molar-refractivity contribution in [1.29, 1.82) is 0 Å². The number of likely N-dealkylation sites (tertiary alicyclic amines) is 1. The Labute approximate surface area is 153 Å². The number of carbonyl (C=O) groups is 3. The van der Waals surface area contributed by atoms with Crippen molar-refractivity contribution in [3.63, 3.8) is 0 Å². The molecule has 2 aliphatic rings. The van der Waals surface area contributed by atoms with Gasteiger partial charge in [-0.2, -0.15) is 0 Å². The summed E-state index contributed by atoms with van der Waals surface area (Å²) >= 11 is 0. The van der Waals surface area contributed by atoms with Crippen molar-refractivity contribution in [1.82, 2.24) is 10.2 Å². The highest BCUT2D eigenvalue weighted by molar-refractivity contribution is 5.97. The number of imide groups is 1. The first-order valence-corrected chi connectivity index (χ1v) is 9.10. The van der Waals surface area contributed by atoms with Gasteiger partial charge in [0.1, 0.15) is 5.60 Å². The molecule has 1 aromatic carbocycles. The third-order valence-corrected chi connectivity index (χ3v) is 4.77. The molecule has 6 nitrogen and oxygen atoms in total. The van der Waals surface area contributed by atoms with Gasteiger partial charge < -0.3 is 10.1 Å². The molecule has 0 bridgehead atoms. The molecule has 1 aliphatic heterocycles. The number of rotatable bonds is 3. The Bertz CT molecular complexity index is 706. The minimum atomic E-state index is -0.711. The van der Waals surface area contributed by atoms with Crippen molar-refractivity contribution in [2.45, 2.75) is 58.2 Å². The van der Waals surface area contributed by atoms with E-state index in [0.29, 0.717) is 0 Å². The first-order valence-electron chi connectivity index (χ1n) is 9.10. The molecule has 3 amide bonds. The second-order valence-electron chi connectivity index (χ2n) is 8.14. The zero-order valence-electron chi connectivity index (χ0n) is 15.7. The van der Waals surface area contributed by atoms with Crippen LogP contribution in [-0.2, 0) is 14.3 Å². The molecular formula is C20H26N2O4. The third-order valence-electron chi connectivity index (χ3n) is 4.77. The minimum Gasteiger partial charge on any atom is -0.443 e. The Balaban J connectivity index is 1.94. The van der Waals surface area contributed by atoms with Crippen molar-refractivity contribution in [2.24, 2.45) is 11.8 Å². The van der Waals surface area contributed by atoms with E-state index in [0.717, 1.165) is 18.4 Å². The van der Waals surface area contributed by atoms with Crippen LogP contribution in [0.1, 0.15) is 52.1 Å². The molecule has 1 aromatic rings. The predicted octanol–water partition coefficient (Wildman–Crippen LogP) is 3.04. The highest BCUT2D eigenvalue weighted by atomic mass is 16.6. The van der Waals surface area contributed by atoms with Crippen molar-refractivity contribution in [2.75, 3.05) is 0 Å². The summed E-state index contributed by atoms with van der Waals surface area (Å²) < 4.78 is 5.46. The molecule has 0 radical (unpaired) electrons. The van der Waals surface area contributed by atoms with Crippen LogP contribution < -0.4 is 5.32 Å². The highest BCUT2D eigenvalue weighted by Crippen LogP contribution is 2.39. The fourth-order valence-corrected chi connectivity index (χ4v) is 3.30. The molecule has 3 atom stereocenters. The molecule has 1 aliphatic carbocycles. The largest absolute Gasteiger partial charge is 0.443 e. The third kappa shape index (κ3) is 3.74. The summed E-state index contributed by atoms with van der Waals surface area (Å²) in [5, 5.41) is 3.01. The molecule has 3 unspecified atom stereocenters. The van der Waals surface area contributed by atoms with E-state index >= 15 is 0 Å². The van der Waals surface area contributed by atoms with Crippen molar-refractivity contribution < 1.29 is 19.1 Å². The van der Waals surface area contributed by atoms with Crippen LogP contribution in [-0.4, -0.2) is 34.5 Å². The van der Waals surface area contributed by atoms with Crippen molar-refractivity contribution in [3.05, 3.63) is 35.9 Å². The summed E-state index contributed by atoms with van der Waals surface area (Å²) in [5.74, 6) is -0.837. The van der Waals surface area contributed by atoms with E-state index in [1.807, 2.05) is 30.3 Å². The van der Waals surface area contributed by atoms with E-state index in [2.05, 4.69) is 5.32 Å². The van der Waals surface area contributed by atoms with Gasteiger partial charge in [-0.15, -0.1) is 0 Å². The Kier molecular flexibility index (Phi) is 4.78. The van der Waals surface area contributed by atoms with E-state index in [4.69, 9.17) is 4.74 Å². The normalized spacial score (nSPS) is 25.9. The molecule has 140 valence electrons. The molecule has 0 spiro atoms. The zero-order valence-corrected chi connectivity index (χ0v) is 15.7. The number of hydrogen-bond donors (Lipinski definition) is 1. The second kappa shape index (κ2) is 6.74. The lowest BCUT2D eigenvalue weighted by molar-refractivity contribution is -0.130. The molecule has 2 fully saturated rings. The quantitative estimate of drug-likeness (QED) is 0.901. The van der Waals surface area contributed by atoms with Crippen LogP contribution in [0, 0.1) is 11.8 Å². The van der Waals surface area contributed by atoms with Gasteiger partial charge in [-0.1, -0.05) is 37.3 Å². The molecule has 3 rings (SSSR count). The minimum absolute atomic E-state index is 0.0318. The SMILES string of the molecule is CC1C(=O)N(C(=O)OC(C)(C)C)C(c2ccccc2)C1NC(=O)C1CC1. The van der Waals surface area contributed by atoms with E-state index in [-0.39, 0.29) is 17.7 Å². The molecule has 1 N–H and O–H groups in total. The maximum absolute atomic E-state index is 12.9. The van der Waals surface area contributed by atoms with E-state index in [1.165, 1.54) is 4.90 Å². The van der Waals surface area contributed by atoms with Gasteiger partial charge in [0.05, 0.1) is 18.0 Å². The molecular weight excluding hydrogens is 332 g/mol. The van der Waals surface area contributed by atoms with E-state index in [9.17, 15) is 14.4 Å². The first-order chi connectivity index (χ1) is 12.2. The average Bonchev–Trinajstić information content (AvgIpc) is 3.37.